The number of rotatable bonds is 12. The van der Waals surface area contributed by atoms with E-state index in [1.165, 1.54) is 0 Å². The third-order valence-electron chi connectivity index (χ3n) is 7.64. The largest absolute Gasteiger partial charge is 0.487 e. The Bertz CT molecular complexity index is 1950. The minimum atomic E-state index is -7.28. The van der Waals surface area contributed by atoms with Crippen LogP contribution >= 0.6 is 0 Å². The van der Waals surface area contributed by atoms with Crippen LogP contribution in [-0.2, 0) is 18.5 Å². The van der Waals surface area contributed by atoms with Gasteiger partial charge >= 0.3 is 42.2 Å². The van der Waals surface area contributed by atoms with Gasteiger partial charge in [0.2, 0.25) is 11.6 Å². The Morgan fingerprint density at radius 3 is 1.02 bits per heavy atom. The van der Waals surface area contributed by atoms with Gasteiger partial charge in [-0.25, -0.2) is 8.78 Å². The predicted molar refractivity (Wildman–Crippen MR) is 153 cm³/mol. The Hall–Kier alpha value is -5.19. The van der Waals surface area contributed by atoms with E-state index < -0.39 is 107 Å². The van der Waals surface area contributed by atoms with Crippen molar-refractivity contribution in [2.45, 2.75) is 42.2 Å². The molecule has 4 aromatic rings. The number of halogens is 21. The monoisotopic (exact) mass is 857 g/mol. The first-order valence-corrected chi connectivity index (χ1v) is 14.8. The van der Waals surface area contributed by atoms with Crippen molar-refractivity contribution >= 4 is 17.1 Å². The Morgan fingerprint density at radius 1 is 0.386 bits per heavy atom. The fourth-order valence-corrected chi connectivity index (χ4v) is 4.70. The van der Waals surface area contributed by atoms with Crippen LogP contribution in [0.2, 0.25) is 0 Å². The fourth-order valence-electron chi connectivity index (χ4n) is 4.70. The molecule has 0 amide bonds. The molecule has 0 saturated carbocycles. The molecule has 0 aliphatic heterocycles. The first-order valence-electron chi connectivity index (χ1n) is 14.8. The summed E-state index contributed by atoms with van der Waals surface area (Å²) in [6, 6.07) is 8.88. The normalized spacial score (nSPS) is 13.5. The van der Waals surface area contributed by atoms with Crippen LogP contribution in [0.5, 0.6) is 11.5 Å². The quantitative estimate of drug-likeness (QED) is 0.105. The van der Waals surface area contributed by atoms with Crippen molar-refractivity contribution in [2.75, 3.05) is 18.1 Å². The number of hydrogen-bond donors (Lipinski definition) is 0. The zero-order valence-corrected chi connectivity index (χ0v) is 27.0. The fraction of sp³-hybridized carbons (Fsp3) is 0.273. The molecular formula is C33H16F21NO2. The number of nitrogens with zero attached hydrogens (tertiary/aromatic N) is 1. The van der Waals surface area contributed by atoms with E-state index in [-0.39, 0.29) is 17.1 Å². The summed E-state index contributed by atoms with van der Waals surface area (Å²) in [5.41, 5.74) is -6.03. The summed E-state index contributed by atoms with van der Waals surface area (Å²) in [5, 5.41) is 0. The Balaban J connectivity index is 1.56. The van der Waals surface area contributed by atoms with Crippen molar-refractivity contribution < 1.29 is 102 Å². The second-order valence-electron chi connectivity index (χ2n) is 11.5. The molecule has 4 aromatic carbocycles. The lowest BCUT2D eigenvalue weighted by Crippen LogP contribution is -2.65. The van der Waals surface area contributed by atoms with E-state index in [2.05, 4.69) is 9.47 Å². The molecule has 0 bridgehead atoms. The minimum Gasteiger partial charge on any atom is -0.487 e. The van der Waals surface area contributed by atoms with Gasteiger partial charge in [0.15, 0.2) is 30.6 Å². The zero-order valence-electron chi connectivity index (χ0n) is 27.0. The number of hydrogen-bond acceptors (Lipinski definition) is 3. The van der Waals surface area contributed by atoms with Gasteiger partial charge in [0.05, 0.1) is 11.1 Å². The van der Waals surface area contributed by atoms with Gasteiger partial charge < -0.3 is 14.4 Å². The lowest BCUT2D eigenvalue weighted by molar-refractivity contribution is -0.371. The SMILES string of the molecule is Fc1c(F)c(C(F)(F)F)c(F)c(F)c1OCC(F)(F)C(F)(F)C(F)(F)C(F)(F)COc1ccc(N(c2ccc(C(F)(F)F)cc2)c2ccc(C(F)(F)F)cc2)cc1. The molecule has 0 aromatic heterocycles. The molecule has 0 heterocycles. The van der Waals surface area contributed by atoms with Gasteiger partial charge in [-0.2, -0.15) is 83.4 Å². The molecule has 0 atom stereocenters. The Morgan fingerprint density at radius 2 is 0.702 bits per heavy atom. The molecule has 3 nitrogen and oxygen atoms in total. The molecule has 4 rings (SSSR count). The Labute approximate surface area is 303 Å². The summed E-state index contributed by atoms with van der Waals surface area (Å²) in [7, 11) is 0. The maximum absolute atomic E-state index is 14.5. The van der Waals surface area contributed by atoms with E-state index in [0.29, 0.717) is 36.4 Å². The highest BCUT2D eigenvalue weighted by Crippen LogP contribution is 2.53. The zero-order chi connectivity index (χ0) is 43.3. The topological polar surface area (TPSA) is 21.7 Å². The van der Waals surface area contributed by atoms with Gasteiger partial charge in [-0.1, -0.05) is 0 Å². The van der Waals surface area contributed by atoms with E-state index in [1.807, 2.05) is 0 Å². The molecule has 0 N–H and O–H groups in total. The average Bonchev–Trinajstić information content (AvgIpc) is 3.09. The van der Waals surface area contributed by atoms with Gasteiger partial charge in [-0.15, -0.1) is 0 Å². The van der Waals surface area contributed by atoms with Crippen molar-refractivity contribution in [1.29, 1.82) is 0 Å². The van der Waals surface area contributed by atoms with E-state index in [4.69, 9.17) is 0 Å². The number of benzene rings is 4. The maximum Gasteiger partial charge on any atom is 0.422 e. The van der Waals surface area contributed by atoms with Crippen LogP contribution in [0.3, 0.4) is 0 Å². The second-order valence-corrected chi connectivity index (χ2v) is 11.5. The van der Waals surface area contributed by atoms with Crippen molar-refractivity contribution in [2.24, 2.45) is 0 Å². The van der Waals surface area contributed by atoms with Crippen LogP contribution < -0.4 is 14.4 Å². The van der Waals surface area contributed by atoms with Gasteiger partial charge in [-0.3, -0.25) is 0 Å². The van der Waals surface area contributed by atoms with Crippen molar-refractivity contribution in [1.82, 2.24) is 0 Å². The number of alkyl halides is 17. The van der Waals surface area contributed by atoms with Crippen LogP contribution in [0, 0.1) is 23.3 Å². The van der Waals surface area contributed by atoms with E-state index in [9.17, 15) is 92.2 Å². The van der Waals surface area contributed by atoms with Crippen LogP contribution in [0.15, 0.2) is 72.8 Å². The highest BCUT2D eigenvalue weighted by Gasteiger charge is 2.81. The third kappa shape index (κ3) is 8.72. The molecule has 0 saturated heterocycles. The summed E-state index contributed by atoms with van der Waals surface area (Å²) in [6.07, 6.45) is -15.8. The molecule has 0 radical (unpaired) electrons. The number of ether oxygens (including phenoxy) is 2. The summed E-state index contributed by atoms with van der Waals surface area (Å²) in [5.74, 6) is -44.3. The maximum atomic E-state index is 14.5. The molecule has 0 aliphatic carbocycles. The molecule has 0 spiro atoms. The van der Waals surface area contributed by atoms with Crippen molar-refractivity contribution in [3.63, 3.8) is 0 Å². The van der Waals surface area contributed by atoms with E-state index >= 15 is 0 Å². The van der Waals surface area contributed by atoms with Crippen molar-refractivity contribution in [3.8, 4) is 11.5 Å². The van der Waals surface area contributed by atoms with Gasteiger partial charge in [-0.05, 0) is 72.8 Å². The predicted octanol–water partition coefficient (Wildman–Crippen LogP) is 12.8. The molecule has 57 heavy (non-hydrogen) atoms. The lowest BCUT2D eigenvalue weighted by atomic mass is 9.99. The summed E-state index contributed by atoms with van der Waals surface area (Å²) >= 11 is 0. The molecule has 24 heteroatoms. The standard InChI is InChI=1S/C33H16F21NO2/c34-22-21(31(48,49)50)23(35)25(37)26(24(22)36)57-14-28(40,41)33(53,54)32(51,52)27(38,39)13-56-20-11-9-19(10-12-20)55(17-5-1-15(2-6-17)29(42,43)44)18-7-3-16(4-8-18)30(45,46)47/h1-12H,13-14H2. The summed E-state index contributed by atoms with van der Waals surface area (Å²) < 4.78 is 295. The Kier molecular flexibility index (Phi) is 11.7. The van der Waals surface area contributed by atoms with Crippen LogP contribution in [0.1, 0.15) is 16.7 Å². The molecule has 0 fully saturated rings. The first kappa shape index (κ1) is 44.5. The van der Waals surface area contributed by atoms with Gasteiger partial charge in [0.25, 0.3) is 0 Å². The lowest BCUT2D eigenvalue weighted by Gasteiger charge is -2.36. The summed E-state index contributed by atoms with van der Waals surface area (Å²) in [4.78, 5) is 1.02. The van der Waals surface area contributed by atoms with E-state index in [0.717, 1.165) is 41.3 Å². The summed E-state index contributed by atoms with van der Waals surface area (Å²) in [6.45, 7) is -6.31. The van der Waals surface area contributed by atoms with Gasteiger partial charge in [0.1, 0.15) is 11.3 Å². The smallest absolute Gasteiger partial charge is 0.422 e. The molecule has 312 valence electrons. The third-order valence-corrected chi connectivity index (χ3v) is 7.64. The molecular weight excluding hydrogens is 841 g/mol. The van der Waals surface area contributed by atoms with Crippen molar-refractivity contribution in [3.05, 3.63) is 113 Å². The minimum absolute atomic E-state index is 0.145. The first-order chi connectivity index (χ1) is 25.8. The molecule has 0 aliphatic rings. The van der Waals surface area contributed by atoms with E-state index in [1.54, 1.807) is 0 Å². The highest BCUT2D eigenvalue weighted by atomic mass is 19.4. The molecule has 0 unspecified atom stereocenters. The van der Waals surface area contributed by atoms with Gasteiger partial charge in [0, 0.05) is 17.1 Å². The number of anilines is 3. The van der Waals surface area contributed by atoms with Crippen LogP contribution in [0.4, 0.5) is 109 Å². The average molecular weight is 857 g/mol. The second kappa shape index (κ2) is 15.0. The van der Waals surface area contributed by atoms with Crippen LogP contribution in [0.25, 0.3) is 0 Å². The van der Waals surface area contributed by atoms with Crippen LogP contribution in [-0.4, -0.2) is 36.9 Å². The highest BCUT2D eigenvalue weighted by molar-refractivity contribution is 5.77.